The number of hydrogen-bond donors (Lipinski definition) is 2. The number of carbonyl (C=O) groups excluding carboxylic acids is 1. The summed E-state index contributed by atoms with van der Waals surface area (Å²) in [7, 11) is -3.56. The topological polar surface area (TPSA) is 94.6 Å². The number of halogens is 1. The second-order valence-electron chi connectivity index (χ2n) is 8.15. The van der Waals surface area contributed by atoms with E-state index in [4.69, 9.17) is 11.6 Å². The number of aryl methyl sites for hydroxylation is 2. The molecule has 2 N–H and O–H groups in total. The fourth-order valence-corrected chi connectivity index (χ4v) is 5.26. The minimum Gasteiger partial charge on any atom is -0.354 e. The van der Waals surface area contributed by atoms with Gasteiger partial charge < -0.3 is 15.5 Å². The van der Waals surface area contributed by atoms with Crippen LogP contribution in [-0.4, -0.2) is 49.9 Å². The highest BCUT2D eigenvalue weighted by molar-refractivity contribution is 7.89. The zero-order chi connectivity index (χ0) is 24.3. The fraction of sp³-hybridized carbons (Fsp3) is 0.250. The van der Waals surface area contributed by atoms with Crippen molar-refractivity contribution >= 4 is 44.8 Å². The number of aromatic nitrogens is 1. The molecule has 178 valence electrons. The van der Waals surface area contributed by atoms with Crippen LogP contribution in [0.15, 0.2) is 65.7 Å². The van der Waals surface area contributed by atoms with Crippen LogP contribution in [0.4, 0.5) is 22.0 Å². The number of nitrogens with one attached hydrogen (secondary N) is 2. The molecule has 1 aliphatic rings. The van der Waals surface area contributed by atoms with Gasteiger partial charge in [-0.1, -0.05) is 23.7 Å². The second-order valence-corrected chi connectivity index (χ2v) is 10.5. The van der Waals surface area contributed by atoms with Crippen LogP contribution in [-0.2, 0) is 10.0 Å². The van der Waals surface area contributed by atoms with Gasteiger partial charge in [-0.3, -0.25) is 0 Å². The maximum Gasteiger partial charge on any atom is 0.323 e. The maximum absolute atomic E-state index is 12.9. The molecule has 1 aromatic heterocycles. The van der Waals surface area contributed by atoms with Crippen LogP contribution in [0.1, 0.15) is 11.1 Å². The third kappa shape index (κ3) is 5.49. The minimum atomic E-state index is -3.56. The SMILES string of the molecule is Cc1ccc(C)c(NC(=O)Nc2ccc(N3CCN(S(=O)(=O)c4ccc(Cl)cc4)CC3)nc2)c1. The minimum absolute atomic E-state index is 0.234. The molecule has 1 fully saturated rings. The smallest absolute Gasteiger partial charge is 0.323 e. The van der Waals surface area contributed by atoms with Gasteiger partial charge in [-0.2, -0.15) is 4.31 Å². The first kappa shape index (κ1) is 24.0. The molecule has 2 aromatic carbocycles. The Bertz CT molecular complexity index is 1270. The molecule has 0 atom stereocenters. The van der Waals surface area contributed by atoms with E-state index in [1.165, 1.54) is 16.4 Å². The number of piperazine rings is 1. The number of carbonyl (C=O) groups is 1. The summed E-state index contributed by atoms with van der Waals surface area (Å²) in [4.78, 5) is 19.1. The summed E-state index contributed by atoms with van der Waals surface area (Å²) in [6.45, 7) is 5.64. The molecule has 4 rings (SSSR count). The molecule has 0 aliphatic carbocycles. The summed E-state index contributed by atoms with van der Waals surface area (Å²) < 4.78 is 27.2. The van der Waals surface area contributed by atoms with E-state index in [1.54, 1.807) is 24.4 Å². The number of anilines is 3. The van der Waals surface area contributed by atoms with Crippen LogP contribution < -0.4 is 15.5 Å². The lowest BCUT2D eigenvalue weighted by Gasteiger charge is -2.34. The van der Waals surface area contributed by atoms with Crippen LogP contribution >= 0.6 is 11.6 Å². The van der Waals surface area contributed by atoms with Gasteiger partial charge in [0.2, 0.25) is 10.0 Å². The Kier molecular flexibility index (Phi) is 7.06. The number of nitrogens with zero attached hydrogens (tertiary/aromatic N) is 3. The number of sulfonamides is 1. The van der Waals surface area contributed by atoms with Gasteiger partial charge in [0.25, 0.3) is 0 Å². The molecule has 1 saturated heterocycles. The Morgan fingerprint density at radius 3 is 2.29 bits per heavy atom. The van der Waals surface area contributed by atoms with Crippen LogP contribution in [0.2, 0.25) is 5.02 Å². The predicted molar refractivity (Wildman–Crippen MR) is 135 cm³/mol. The van der Waals surface area contributed by atoms with E-state index in [1.807, 2.05) is 43.0 Å². The predicted octanol–water partition coefficient (Wildman–Crippen LogP) is 4.51. The fourth-order valence-electron chi connectivity index (χ4n) is 3.72. The van der Waals surface area contributed by atoms with E-state index in [0.717, 1.165) is 22.6 Å². The largest absolute Gasteiger partial charge is 0.354 e. The molecule has 8 nitrogen and oxygen atoms in total. The second kappa shape index (κ2) is 10.0. The van der Waals surface area contributed by atoms with E-state index in [2.05, 4.69) is 15.6 Å². The van der Waals surface area contributed by atoms with Gasteiger partial charge in [-0.05, 0) is 67.4 Å². The van der Waals surface area contributed by atoms with Crippen LogP contribution in [0.3, 0.4) is 0 Å². The zero-order valence-corrected chi connectivity index (χ0v) is 20.5. The number of benzene rings is 2. The summed E-state index contributed by atoms with van der Waals surface area (Å²) in [6, 6.07) is 15.3. The van der Waals surface area contributed by atoms with Gasteiger partial charge in [-0.25, -0.2) is 18.2 Å². The normalized spacial score (nSPS) is 14.6. The molecule has 0 bridgehead atoms. The summed E-state index contributed by atoms with van der Waals surface area (Å²) in [5.41, 5.74) is 3.36. The number of hydrogen-bond acceptors (Lipinski definition) is 5. The standard InChI is InChI=1S/C24H26ClN5O3S/c1-17-3-4-18(2)22(15-17)28-24(31)27-20-7-10-23(26-16-20)29-11-13-30(14-12-29)34(32,33)21-8-5-19(25)6-9-21/h3-10,15-16H,11-14H2,1-2H3,(H2,27,28,31). The number of pyridine rings is 1. The molecule has 1 aliphatic heterocycles. The number of urea groups is 1. The Morgan fingerprint density at radius 1 is 0.941 bits per heavy atom. The molecule has 3 aromatic rings. The zero-order valence-electron chi connectivity index (χ0n) is 19.0. The first-order valence-corrected chi connectivity index (χ1v) is 12.7. The maximum atomic E-state index is 12.9. The first-order valence-electron chi connectivity index (χ1n) is 10.8. The van der Waals surface area contributed by atoms with Crippen molar-refractivity contribution in [2.45, 2.75) is 18.7 Å². The van der Waals surface area contributed by atoms with Crippen LogP contribution in [0, 0.1) is 13.8 Å². The summed E-state index contributed by atoms with van der Waals surface area (Å²) >= 11 is 5.87. The van der Waals surface area contributed by atoms with Gasteiger partial charge in [0.05, 0.1) is 16.8 Å². The number of amides is 2. The average molecular weight is 500 g/mol. The first-order chi connectivity index (χ1) is 16.2. The quantitative estimate of drug-likeness (QED) is 0.538. The van der Waals surface area contributed by atoms with E-state index in [-0.39, 0.29) is 10.9 Å². The van der Waals surface area contributed by atoms with Crippen molar-refractivity contribution in [3.05, 3.63) is 76.9 Å². The molecular formula is C24H26ClN5O3S. The van der Waals surface area contributed by atoms with Crippen molar-refractivity contribution in [2.75, 3.05) is 41.7 Å². The van der Waals surface area contributed by atoms with Crippen molar-refractivity contribution in [1.82, 2.24) is 9.29 Å². The molecule has 0 spiro atoms. The average Bonchev–Trinajstić information content (AvgIpc) is 2.82. The number of rotatable bonds is 5. The third-order valence-electron chi connectivity index (χ3n) is 5.66. The summed E-state index contributed by atoms with van der Waals surface area (Å²) in [5, 5.41) is 6.14. The van der Waals surface area contributed by atoms with Crippen LogP contribution in [0.25, 0.3) is 0 Å². The van der Waals surface area contributed by atoms with E-state index < -0.39 is 10.0 Å². The molecule has 0 saturated carbocycles. The molecular weight excluding hydrogens is 474 g/mol. The van der Waals surface area contributed by atoms with Crippen molar-refractivity contribution in [2.24, 2.45) is 0 Å². The highest BCUT2D eigenvalue weighted by Gasteiger charge is 2.28. The van der Waals surface area contributed by atoms with Crippen molar-refractivity contribution in [3.63, 3.8) is 0 Å². The van der Waals surface area contributed by atoms with Gasteiger partial charge in [0.1, 0.15) is 5.82 Å². The van der Waals surface area contributed by atoms with Gasteiger partial charge >= 0.3 is 6.03 Å². The van der Waals surface area contributed by atoms with E-state index in [9.17, 15) is 13.2 Å². The van der Waals surface area contributed by atoms with Gasteiger partial charge in [0, 0.05) is 36.9 Å². The van der Waals surface area contributed by atoms with Gasteiger partial charge in [0.15, 0.2) is 0 Å². The highest BCUT2D eigenvalue weighted by Crippen LogP contribution is 2.22. The Balaban J connectivity index is 1.33. The van der Waals surface area contributed by atoms with E-state index >= 15 is 0 Å². The summed E-state index contributed by atoms with van der Waals surface area (Å²) in [6.07, 6.45) is 1.59. The summed E-state index contributed by atoms with van der Waals surface area (Å²) in [5.74, 6) is 0.726. The molecule has 34 heavy (non-hydrogen) atoms. The monoisotopic (exact) mass is 499 g/mol. The van der Waals surface area contributed by atoms with E-state index in [0.29, 0.717) is 36.9 Å². The van der Waals surface area contributed by atoms with Crippen molar-refractivity contribution in [3.8, 4) is 0 Å². The molecule has 2 amide bonds. The highest BCUT2D eigenvalue weighted by atomic mass is 35.5. The van der Waals surface area contributed by atoms with Crippen molar-refractivity contribution < 1.29 is 13.2 Å². The Morgan fingerprint density at radius 2 is 1.65 bits per heavy atom. The third-order valence-corrected chi connectivity index (χ3v) is 7.83. The lowest BCUT2D eigenvalue weighted by Crippen LogP contribution is -2.48. The molecule has 10 heteroatoms. The lowest BCUT2D eigenvalue weighted by atomic mass is 10.1. The van der Waals surface area contributed by atoms with Crippen molar-refractivity contribution in [1.29, 1.82) is 0 Å². The molecule has 2 heterocycles. The molecule has 0 radical (unpaired) electrons. The Hall–Kier alpha value is -3.14. The lowest BCUT2D eigenvalue weighted by molar-refractivity contribution is 0.262. The van der Waals surface area contributed by atoms with Gasteiger partial charge in [-0.15, -0.1) is 0 Å². The Labute approximate surface area is 204 Å². The molecule has 0 unspecified atom stereocenters. The van der Waals surface area contributed by atoms with Crippen LogP contribution in [0.5, 0.6) is 0 Å².